The van der Waals surface area contributed by atoms with Crippen LogP contribution < -0.4 is 166 Å². The summed E-state index contributed by atoms with van der Waals surface area (Å²) in [7, 11) is 9.51. The van der Waals surface area contributed by atoms with Gasteiger partial charge in [-0.25, -0.2) is 29.0 Å². The van der Waals surface area contributed by atoms with Gasteiger partial charge in [-0.1, -0.05) is 124 Å². The van der Waals surface area contributed by atoms with Crippen molar-refractivity contribution in [2.24, 2.45) is 0 Å². The molecule has 136 heavy (non-hydrogen) atoms. The molecule has 0 saturated carbocycles. The molecule has 37 nitrogen and oxygen atoms in total. The monoisotopic (exact) mass is 2240 g/mol. The Bertz CT molecular complexity index is 6920. The Balaban J connectivity index is 0.000000361. The fourth-order valence-electron chi connectivity index (χ4n) is 11.8. The van der Waals surface area contributed by atoms with E-state index in [0.29, 0.717) is 62.1 Å². The third-order valence-corrected chi connectivity index (χ3v) is 20.0. The molecule has 14 rings (SSSR count). The number of methoxy groups -OCH3 is 6. The van der Waals surface area contributed by atoms with Gasteiger partial charge in [0.2, 0.25) is 0 Å². The number of nitro groups is 2. The zero-order valence-electron chi connectivity index (χ0n) is 74.5. The summed E-state index contributed by atoms with van der Waals surface area (Å²) in [4.78, 5) is 160. The molecular weight excluding hydrogens is 2140 g/mol. The minimum Gasteiger partial charge on any atom is -1.00 e. The molecule has 0 bridgehead atoms. The van der Waals surface area contributed by atoms with Crippen LogP contribution in [-0.2, 0) is 52.1 Å². The van der Waals surface area contributed by atoms with Crippen LogP contribution in [0.1, 0.15) is 89.7 Å². The number of aromatic amines is 4. The van der Waals surface area contributed by atoms with Gasteiger partial charge in [0.1, 0.15) is 74.7 Å². The number of nitrogens with zero attached hydrogens (tertiary/aromatic N) is 11. The van der Waals surface area contributed by atoms with Crippen molar-refractivity contribution in [2.75, 3.05) is 55.0 Å². The Kier molecular flexibility index (Phi) is 50.3. The van der Waals surface area contributed by atoms with Crippen molar-refractivity contribution in [3.05, 3.63) is 429 Å². The van der Waals surface area contributed by atoms with Crippen molar-refractivity contribution < 1.29 is 119 Å². The average molecular weight is 2240 g/mol. The van der Waals surface area contributed by atoms with E-state index in [-0.39, 0.29) is 171 Å². The number of halogens is 4. The number of H-pyrrole nitrogens is 4. The fraction of sp³-hybridized carbons (Fsp3) is 0.202. The maximum absolute atomic E-state index is 13.6. The van der Waals surface area contributed by atoms with Crippen molar-refractivity contribution >= 4 is 74.2 Å². The van der Waals surface area contributed by atoms with Crippen LogP contribution in [0.25, 0.3) is 0 Å². The van der Waals surface area contributed by atoms with Crippen molar-refractivity contribution in [3.63, 3.8) is 0 Å². The first-order valence-electron chi connectivity index (χ1n) is 39.8. The van der Waals surface area contributed by atoms with Crippen LogP contribution in [0.5, 0.6) is 34.5 Å². The molecule has 0 unspecified atom stereocenters. The summed E-state index contributed by atoms with van der Waals surface area (Å²) in [6.07, 6.45) is 10.3. The topological polar surface area (TPSA) is 490 Å². The molecule has 8 heterocycles. The molecule has 706 valence electrons. The number of pyridine rings is 3. The predicted octanol–water partition coefficient (Wildman–Crippen LogP) is 4.47. The minimum absolute atomic E-state index is 0. The number of benzene rings is 6. The first-order valence-corrected chi connectivity index (χ1v) is 42.4. The second kappa shape index (κ2) is 59.5. The van der Waals surface area contributed by atoms with Gasteiger partial charge >= 0.3 is 91.5 Å². The number of rotatable bonds is 23. The maximum Gasteiger partial charge on any atom is 1.00 e. The van der Waals surface area contributed by atoms with Gasteiger partial charge in [0.15, 0.2) is 0 Å². The van der Waals surface area contributed by atoms with Gasteiger partial charge in [0.25, 0.3) is 27.8 Å². The van der Waals surface area contributed by atoms with Crippen LogP contribution in [-0.4, -0.2) is 127 Å². The van der Waals surface area contributed by atoms with E-state index in [1.165, 1.54) is 62.5 Å². The molecule has 0 radical (unpaired) electrons. The Morgan fingerprint density at radius 1 is 0.441 bits per heavy atom. The number of nitrogens with two attached hydrogens (primary N) is 1. The molecule has 0 fully saturated rings. The molecule has 42 heteroatoms. The van der Waals surface area contributed by atoms with Crippen LogP contribution in [0, 0.1) is 51.8 Å². The van der Waals surface area contributed by atoms with Gasteiger partial charge in [-0.2, -0.15) is 0 Å². The molecule has 6 aromatic carbocycles. The summed E-state index contributed by atoms with van der Waals surface area (Å²) in [5, 5.41) is 29.2. The summed E-state index contributed by atoms with van der Waals surface area (Å²) in [6, 6.07) is 60.2. The Morgan fingerprint density at radius 3 is 1.12 bits per heavy atom. The van der Waals surface area contributed by atoms with Gasteiger partial charge in [-0.05, 0) is 233 Å². The summed E-state index contributed by atoms with van der Waals surface area (Å²) in [5.41, 5.74) is 8.58. The third-order valence-electron chi connectivity index (χ3n) is 18.3. The van der Waals surface area contributed by atoms with E-state index in [9.17, 15) is 68.2 Å². The van der Waals surface area contributed by atoms with Gasteiger partial charge < -0.3 is 88.5 Å². The molecule has 0 aliphatic rings. The van der Waals surface area contributed by atoms with Crippen molar-refractivity contribution in [3.8, 4) is 58.7 Å². The van der Waals surface area contributed by atoms with E-state index < -0.39 is 43.9 Å². The average Bonchev–Trinajstić information content (AvgIpc) is 0.801. The number of hydrogen-bond acceptors (Lipinski definition) is 25. The van der Waals surface area contributed by atoms with Crippen molar-refractivity contribution in [1.29, 1.82) is 0 Å². The van der Waals surface area contributed by atoms with Gasteiger partial charge in [0, 0.05) is 48.8 Å². The summed E-state index contributed by atoms with van der Waals surface area (Å²) in [6.45, 7) is 7.17. The van der Waals surface area contributed by atoms with Gasteiger partial charge in [-0.15, -0.1) is 6.42 Å². The number of nitrogens with one attached hydrogen (secondary N) is 4. The summed E-state index contributed by atoms with van der Waals surface area (Å²) in [5.74, 6) is 11.6. The van der Waals surface area contributed by atoms with Crippen molar-refractivity contribution in [1.82, 2.24) is 62.3 Å². The standard InChI is InChI=1S/C27H22N4O6.C27H28N4O4.C20H19IN2O4.C7H4N2O2.C4H3ClN2O2.C4H3IN2O2.C2H6O.C2H6.CH4.HI.K/c1-36-23-11-5-19(6-12-23)17-29-22(10-9-21-4-3-15-28-26(21)31(34)35)16-25(32)30(27(29)33)18-20-7-13-24(37-2)14-8-20;1-34-23-11-5-19(6-12-23)17-30-22(10-9-21-4-3-15-29-26(21)28)16-25(32)31(27(30)33)18-20-7-13-24(35-2)14-8-20;1-26-16-7-3-14(4-8-16)12-22-18(21)11-19(24)23(20(22)25)13-15-5-9-17(27-2)10-6-15;1-2-6-4-3-5-8-7(6)9(10)11;2*5-2-1-3(8)7-4(9)6-2;1-2-3;1-2;;;/h3-8,11-16H,17-18H2,1-2H3;3-8,11-16H,9-10,17-18H2,1-2H3,(H2,28,29);3-11H,12-13H2,1-2H3;1,3-5H;2*1H,(H2,6,7,8,9);3H,2H2,1H3;1-2H3;1H4;1H;/q;;;;;;;;;;+1/p-1. The number of anilines is 1. The van der Waals surface area contributed by atoms with E-state index >= 15 is 0 Å². The number of ether oxygens (including phenoxy) is 6. The zero-order chi connectivity index (χ0) is 97.2. The number of aryl methyl sites for hydroxylation is 2. The molecule has 0 aliphatic heterocycles. The quantitative estimate of drug-likeness (QED) is 0.0128. The summed E-state index contributed by atoms with van der Waals surface area (Å²) >= 11 is 9.15. The number of hydrogen-bond donors (Lipinski definition) is 6. The largest absolute Gasteiger partial charge is 1.00 e. The molecule has 0 aliphatic carbocycles. The van der Waals surface area contributed by atoms with Crippen LogP contribution >= 0.6 is 56.8 Å². The fourth-order valence-corrected chi connectivity index (χ4v) is 13.1. The number of nitrogen functional groups attached to an aromatic ring is 1. The maximum atomic E-state index is 13.6. The molecule has 14 aromatic rings. The Hall–Kier alpha value is -13.2. The summed E-state index contributed by atoms with van der Waals surface area (Å²) < 4.78 is 40.5. The smallest absolute Gasteiger partial charge is 1.00 e. The van der Waals surface area contributed by atoms with E-state index in [4.69, 9.17) is 57.3 Å². The molecule has 0 atom stereocenters. The normalized spacial score (nSPS) is 9.82. The predicted molar refractivity (Wildman–Crippen MR) is 526 cm³/mol. The van der Waals surface area contributed by atoms with Gasteiger partial charge in [0.05, 0.1) is 89.3 Å². The Morgan fingerprint density at radius 2 is 0.765 bits per heavy atom. The number of aliphatic hydroxyl groups excluding tert-OH is 1. The van der Waals surface area contributed by atoms with E-state index in [1.54, 1.807) is 126 Å². The number of terminal acetylenes is 1. The van der Waals surface area contributed by atoms with Crippen LogP contribution in [0.4, 0.5) is 17.5 Å². The second-order valence-corrected chi connectivity index (χ2v) is 29.7. The second-order valence-electron chi connectivity index (χ2n) is 27.0. The molecule has 7 N–H and O–H groups in total. The molecule has 0 spiro atoms. The van der Waals surface area contributed by atoms with E-state index in [2.05, 4.69) is 42.7 Å². The van der Waals surface area contributed by atoms with Crippen LogP contribution in [0.15, 0.2) is 279 Å². The third kappa shape index (κ3) is 35.9. The van der Waals surface area contributed by atoms with Gasteiger partial charge in [-0.3, -0.25) is 66.3 Å². The van der Waals surface area contributed by atoms with E-state index in [0.717, 1.165) is 66.8 Å². The number of aliphatic hydroxyl groups is 1. The number of aromatic nitrogens is 13. The van der Waals surface area contributed by atoms with Crippen LogP contribution in [0.2, 0.25) is 5.15 Å². The molecular formula is C94H95ClI3KN16O21. The van der Waals surface area contributed by atoms with Crippen molar-refractivity contribution in [2.45, 2.75) is 80.3 Å². The molecule has 0 saturated heterocycles. The first kappa shape index (κ1) is 115. The Labute approximate surface area is 869 Å². The molecule has 8 aromatic heterocycles. The SMILES string of the molecule is C.C#Cc1cccnc1[N+](=O)[O-].CC.CCO.COc1ccc(Cn2c(C#Cc3cccnc3[N+](=O)[O-])cc(=O)n(Cc3ccc(OC)cc3)c2=O)cc1.COc1ccc(Cn2c(CCc3cccnc3N)cc(=O)n(Cc3ccc(OC)cc3)c2=O)cc1.COc1ccc(Cn2c(I)cc(=O)n(Cc3ccc(OC)cc3)c2=O)cc1.O=c1cc(Cl)[nH]c(=O)[nH]1.O=c1cc(I)[nH]c(=O)[nH]1.[I-].[K+]. The van der Waals surface area contributed by atoms with E-state index in [1.807, 2.05) is 178 Å². The minimum atomic E-state index is -0.638. The molecule has 0 amide bonds. The first-order chi connectivity index (χ1) is 63.9. The zero-order valence-corrected chi connectivity index (χ0v) is 84.9. The van der Waals surface area contributed by atoms with Crippen LogP contribution in [0.3, 0.4) is 0 Å².